The maximum Gasteiger partial charge on any atom is 0.161 e. The fraction of sp³-hybridized carbons (Fsp3) is 0.462. The molecular weight excluding hydrogens is 232 g/mol. The van der Waals surface area contributed by atoms with Crippen LogP contribution in [-0.2, 0) is 0 Å². The molecule has 3 nitrogen and oxygen atoms in total. The Kier molecular flexibility index (Phi) is 3.45. The van der Waals surface area contributed by atoms with Gasteiger partial charge in [-0.1, -0.05) is 30.0 Å². The van der Waals surface area contributed by atoms with Crippen LogP contribution in [0.4, 0.5) is 5.69 Å². The minimum atomic E-state index is -0.330. The lowest BCUT2D eigenvalue weighted by molar-refractivity contribution is 0.227. The van der Waals surface area contributed by atoms with Gasteiger partial charge in [-0.25, -0.2) is 0 Å². The number of thioether (sulfide) groups is 1. The number of para-hydroxylation sites is 1. The van der Waals surface area contributed by atoms with Crippen molar-refractivity contribution in [3.8, 4) is 0 Å². The summed E-state index contributed by atoms with van der Waals surface area (Å²) in [4.78, 5) is 4.53. The van der Waals surface area contributed by atoms with E-state index in [1.165, 1.54) is 11.1 Å². The molecule has 0 spiro atoms. The second-order valence-corrected chi connectivity index (χ2v) is 5.72. The summed E-state index contributed by atoms with van der Waals surface area (Å²) in [6.45, 7) is 6.23. The number of rotatable bonds is 2. The van der Waals surface area contributed by atoms with Crippen molar-refractivity contribution < 1.29 is 5.11 Å². The Morgan fingerprint density at radius 3 is 2.59 bits per heavy atom. The van der Waals surface area contributed by atoms with Crippen LogP contribution in [0.3, 0.4) is 0 Å². The molecule has 1 aromatic rings. The van der Waals surface area contributed by atoms with Crippen molar-refractivity contribution in [1.29, 1.82) is 0 Å². The number of benzene rings is 1. The molecule has 0 bridgehead atoms. The maximum atomic E-state index is 9.27. The highest BCUT2D eigenvalue weighted by molar-refractivity contribution is 8.14. The lowest BCUT2D eigenvalue weighted by Gasteiger charge is -2.14. The van der Waals surface area contributed by atoms with Gasteiger partial charge in [-0.3, -0.25) is 4.99 Å². The zero-order valence-electron chi connectivity index (χ0n) is 10.4. The number of hydrogen-bond donors (Lipinski definition) is 2. The van der Waals surface area contributed by atoms with Crippen LogP contribution in [0, 0.1) is 13.8 Å². The van der Waals surface area contributed by atoms with Crippen LogP contribution in [0.2, 0.25) is 0 Å². The van der Waals surface area contributed by atoms with Gasteiger partial charge in [0.05, 0.1) is 12.1 Å². The van der Waals surface area contributed by atoms with Gasteiger partial charge in [0.2, 0.25) is 0 Å². The first-order chi connectivity index (χ1) is 8.04. The molecule has 0 aliphatic carbocycles. The predicted octanol–water partition coefficient (Wildman–Crippen LogP) is 2.57. The number of aliphatic hydroxyl groups is 1. The molecule has 1 atom stereocenters. The van der Waals surface area contributed by atoms with Crippen molar-refractivity contribution in [3.05, 3.63) is 29.3 Å². The van der Waals surface area contributed by atoms with Crippen molar-refractivity contribution >= 4 is 22.6 Å². The lowest BCUT2D eigenvalue weighted by atomic mass is 10.1. The van der Waals surface area contributed by atoms with Crippen LogP contribution >= 0.6 is 11.8 Å². The highest BCUT2D eigenvalue weighted by Gasteiger charge is 2.30. The summed E-state index contributed by atoms with van der Waals surface area (Å²) in [6.07, 6.45) is 0. The Balaban J connectivity index is 2.20. The van der Waals surface area contributed by atoms with Crippen molar-refractivity contribution in [2.45, 2.75) is 26.3 Å². The Morgan fingerprint density at radius 2 is 2.06 bits per heavy atom. The van der Waals surface area contributed by atoms with E-state index in [4.69, 9.17) is 0 Å². The van der Waals surface area contributed by atoms with E-state index in [9.17, 15) is 5.11 Å². The Morgan fingerprint density at radius 1 is 1.41 bits per heavy atom. The molecule has 1 aromatic carbocycles. The predicted molar refractivity (Wildman–Crippen MR) is 74.9 cm³/mol. The minimum absolute atomic E-state index is 0.0952. The van der Waals surface area contributed by atoms with Gasteiger partial charge in [-0.2, -0.15) is 0 Å². The van der Waals surface area contributed by atoms with Crippen LogP contribution in [-0.4, -0.2) is 28.2 Å². The number of aliphatic hydroxyl groups excluding tert-OH is 1. The first kappa shape index (κ1) is 12.5. The van der Waals surface area contributed by atoms with Gasteiger partial charge in [-0.15, -0.1) is 0 Å². The quantitative estimate of drug-likeness (QED) is 0.848. The Labute approximate surface area is 106 Å². The van der Waals surface area contributed by atoms with Crippen molar-refractivity contribution in [2.24, 2.45) is 4.99 Å². The molecule has 0 aromatic heterocycles. The van der Waals surface area contributed by atoms with E-state index >= 15 is 0 Å². The van der Waals surface area contributed by atoms with Crippen molar-refractivity contribution in [1.82, 2.24) is 0 Å². The van der Waals surface area contributed by atoms with Crippen LogP contribution in [0.15, 0.2) is 23.2 Å². The smallest absolute Gasteiger partial charge is 0.161 e. The third kappa shape index (κ3) is 2.64. The summed E-state index contributed by atoms with van der Waals surface area (Å²) >= 11 is 1.67. The summed E-state index contributed by atoms with van der Waals surface area (Å²) in [6, 6.07) is 6.22. The number of nitrogens with one attached hydrogen (secondary N) is 1. The molecular formula is C13H18N2OS. The molecule has 2 rings (SSSR count). The highest BCUT2D eigenvalue weighted by atomic mass is 32.2. The van der Waals surface area contributed by atoms with E-state index in [1.54, 1.807) is 11.8 Å². The number of aliphatic imine (C=N–C) groups is 1. The average Bonchev–Trinajstić information content (AvgIpc) is 2.67. The van der Waals surface area contributed by atoms with Gasteiger partial charge in [0, 0.05) is 11.4 Å². The standard InChI is InChI=1S/C13H18N2OS/c1-9-5-4-6-10(2)11(9)14-12-15-13(3,7-16)8-17-12/h4-6,16H,7-8H2,1-3H3,(H,14,15)/t13-/m1/s1. The fourth-order valence-electron chi connectivity index (χ4n) is 1.80. The van der Waals surface area contributed by atoms with E-state index in [2.05, 4.69) is 42.4 Å². The second kappa shape index (κ2) is 4.70. The van der Waals surface area contributed by atoms with Gasteiger partial charge >= 0.3 is 0 Å². The lowest BCUT2D eigenvalue weighted by Crippen LogP contribution is -2.27. The molecule has 0 radical (unpaired) electrons. The van der Waals surface area contributed by atoms with E-state index in [0.717, 1.165) is 16.6 Å². The number of nitrogens with zero attached hydrogens (tertiary/aromatic N) is 1. The summed E-state index contributed by atoms with van der Waals surface area (Å²) in [7, 11) is 0. The molecule has 1 aliphatic heterocycles. The van der Waals surface area contributed by atoms with E-state index in [1.807, 2.05) is 6.92 Å². The SMILES string of the molecule is Cc1cccc(C)c1NC1=N[C@](C)(CO)CS1. The second-order valence-electron chi connectivity index (χ2n) is 4.75. The number of aryl methyl sites for hydroxylation is 2. The topological polar surface area (TPSA) is 44.6 Å². The average molecular weight is 250 g/mol. The third-order valence-electron chi connectivity index (χ3n) is 2.94. The molecule has 1 aliphatic rings. The summed E-state index contributed by atoms with van der Waals surface area (Å²) < 4.78 is 0. The molecule has 4 heteroatoms. The van der Waals surface area contributed by atoms with Crippen LogP contribution in [0.25, 0.3) is 0 Å². The van der Waals surface area contributed by atoms with E-state index in [-0.39, 0.29) is 12.1 Å². The molecule has 0 saturated heterocycles. The molecule has 0 amide bonds. The van der Waals surface area contributed by atoms with Gasteiger partial charge in [0.15, 0.2) is 5.17 Å². The van der Waals surface area contributed by atoms with Crippen LogP contribution in [0.5, 0.6) is 0 Å². The first-order valence-corrected chi connectivity index (χ1v) is 6.69. The van der Waals surface area contributed by atoms with Gasteiger partial charge < -0.3 is 10.4 Å². The normalized spacial score (nSPS) is 23.6. The third-order valence-corrected chi connectivity index (χ3v) is 4.18. The minimum Gasteiger partial charge on any atom is -0.394 e. The zero-order chi connectivity index (χ0) is 12.5. The monoisotopic (exact) mass is 250 g/mol. The Hall–Kier alpha value is -1.000. The van der Waals surface area contributed by atoms with Crippen LogP contribution < -0.4 is 5.32 Å². The number of hydrogen-bond acceptors (Lipinski definition) is 4. The molecule has 17 heavy (non-hydrogen) atoms. The van der Waals surface area contributed by atoms with E-state index < -0.39 is 0 Å². The van der Waals surface area contributed by atoms with Gasteiger partial charge in [0.1, 0.15) is 0 Å². The molecule has 92 valence electrons. The van der Waals surface area contributed by atoms with Crippen molar-refractivity contribution in [2.75, 3.05) is 17.7 Å². The summed E-state index contributed by atoms with van der Waals surface area (Å²) in [5, 5.41) is 13.5. The van der Waals surface area contributed by atoms with Crippen LogP contribution in [0.1, 0.15) is 18.1 Å². The van der Waals surface area contributed by atoms with Gasteiger partial charge in [-0.05, 0) is 31.9 Å². The molecule has 0 saturated carbocycles. The molecule has 1 heterocycles. The fourth-order valence-corrected chi connectivity index (χ4v) is 2.86. The van der Waals surface area contributed by atoms with Crippen molar-refractivity contribution in [3.63, 3.8) is 0 Å². The highest BCUT2D eigenvalue weighted by Crippen LogP contribution is 2.29. The summed E-state index contributed by atoms with van der Waals surface area (Å²) in [5.74, 6) is 0.830. The summed E-state index contributed by atoms with van der Waals surface area (Å²) in [5.41, 5.74) is 3.22. The number of amidine groups is 1. The molecule has 2 N–H and O–H groups in total. The molecule has 0 fully saturated rings. The van der Waals surface area contributed by atoms with Gasteiger partial charge in [0.25, 0.3) is 0 Å². The maximum absolute atomic E-state index is 9.27. The zero-order valence-corrected chi connectivity index (χ0v) is 11.3. The first-order valence-electron chi connectivity index (χ1n) is 5.71. The van der Waals surface area contributed by atoms with E-state index in [0.29, 0.717) is 0 Å². The Bertz CT molecular complexity index is 438. The number of anilines is 1. The molecule has 0 unspecified atom stereocenters. The largest absolute Gasteiger partial charge is 0.394 e.